The van der Waals surface area contributed by atoms with Gasteiger partial charge < -0.3 is 10.2 Å². The number of amides is 1. The van der Waals surface area contributed by atoms with Crippen LogP contribution in [0.25, 0.3) is 0 Å². The third-order valence-corrected chi connectivity index (χ3v) is 3.47. The van der Waals surface area contributed by atoms with Crippen molar-refractivity contribution in [3.63, 3.8) is 0 Å². The lowest BCUT2D eigenvalue weighted by molar-refractivity contribution is -0.151. The zero-order valence-electron chi connectivity index (χ0n) is 13.6. The lowest BCUT2D eigenvalue weighted by Crippen LogP contribution is -2.41. The average molecular weight is 363 g/mol. The number of carbonyl (C=O) groups is 3. The topological polar surface area (TPSA) is 84.5 Å². The number of carbonyl (C=O) groups excluding carboxylic acids is 3. The van der Waals surface area contributed by atoms with E-state index in [9.17, 15) is 14.4 Å². The number of halogens is 1. The van der Waals surface area contributed by atoms with Gasteiger partial charge in [-0.1, -0.05) is 42.5 Å². The van der Waals surface area contributed by atoms with Gasteiger partial charge in [0, 0.05) is 11.1 Å². The number of nitrogens with one attached hydrogen (secondary N) is 2. The van der Waals surface area contributed by atoms with Gasteiger partial charge in [-0.3, -0.25) is 9.59 Å². The highest BCUT2D eigenvalue weighted by Crippen LogP contribution is 2.05. The lowest BCUT2D eigenvalue weighted by Gasteiger charge is -2.15. The molecule has 2 rings (SSSR count). The fourth-order valence-corrected chi connectivity index (χ4v) is 2.09. The number of hydrogen-bond donors (Lipinski definition) is 2. The molecule has 2 aromatic carbocycles. The highest BCUT2D eigenvalue weighted by molar-refractivity contribution is 5.95. The van der Waals surface area contributed by atoms with E-state index >= 15 is 0 Å². The van der Waals surface area contributed by atoms with Gasteiger partial charge in [0.15, 0.2) is 0 Å². The molecule has 25 heavy (non-hydrogen) atoms. The van der Waals surface area contributed by atoms with Crippen molar-refractivity contribution < 1.29 is 19.2 Å². The van der Waals surface area contributed by atoms with Crippen molar-refractivity contribution in [2.75, 3.05) is 7.05 Å². The Bertz CT molecular complexity index is 705. The standard InChI is InChI=1S/C18H18N2O4.ClH/c1-19-16(11-13-5-3-2-4-6-13)18(23)24-20-17(22)15-9-7-14(12-21)8-10-15;/h2-10,12,16,19H,11H2,1H3,(H,20,22);1H/t16-;/m0./s1. The minimum absolute atomic E-state index is 0. The maximum atomic E-state index is 12.1. The van der Waals surface area contributed by atoms with Gasteiger partial charge in [-0.05, 0) is 31.2 Å². The highest BCUT2D eigenvalue weighted by Gasteiger charge is 2.20. The molecule has 0 bridgehead atoms. The van der Waals surface area contributed by atoms with E-state index in [1.807, 2.05) is 30.3 Å². The summed E-state index contributed by atoms with van der Waals surface area (Å²) in [5.74, 6) is -1.14. The maximum Gasteiger partial charge on any atom is 0.349 e. The van der Waals surface area contributed by atoms with E-state index in [0.717, 1.165) is 5.56 Å². The molecule has 1 amide bonds. The summed E-state index contributed by atoms with van der Waals surface area (Å²) in [6.45, 7) is 0. The second-order valence-electron chi connectivity index (χ2n) is 5.12. The monoisotopic (exact) mass is 362 g/mol. The molecular formula is C18H19ClN2O4. The fraction of sp³-hybridized carbons (Fsp3) is 0.167. The Morgan fingerprint density at radius 3 is 2.28 bits per heavy atom. The van der Waals surface area contributed by atoms with Crippen molar-refractivity contribution in [2.24, 2.45) is 0 Å². The molecular weight excluding hydrogens is 344 g/mol. The van der Waals surface area contributed by atoms with Crippen molar-refractivity contribution in [3.05, 3.63) is 71.3 Å². The summed E-state index contributed by atoms with van der Waals surface area (Å²) in [6.07, 6.45) is 1.13. The van der Waals surface area contributed by atoms with Crippen molar-refractivity contribution in [1.82, 2.24) is 10.8 Å². The van der Waals surface area contributed by atoms with E-state index in [4.69, 9.17) is 4.84 Å². The quantitative estimate of drug-likeness (QED) is 0.606. The van der Waals surface area contributed by atoms with Crippen LogP contribution >= 0.6 is 12.4 Å². The Morgan fingerprint density at radius 1 is 1.08 bits per heavy atom. The Morgan fingerprint density at radius 2 is 1.72 bits per heavy atom. The Hall–Kier alpha value is -2.70. The first-order chi connectivity index (χ1) is 11.6. The summed E-state index contributed by atoms with van der Waals surface area (Å²) in [4.78, 5) is 39.4. The van der Waals surface area contributed by atoms with E-state index in [2.05, 4.69) is 10.8 Å². The van der Waals surface area contributed by atoms with Crippen LogP contribution in [0.15, 0.2) is 54.6 Å². The minimum Gasteiger partial charge on any atom is -0.339 e. The van der Waals surface area contributed by atoms with Crippen LogP contribution < -0.4 is 10.8 Å². The molecule has 6 nitrogen and oxygen atoms in total. The zero-order chi connectivity index (χ0) is 17.4. The van der Waals surface area contributed by atoms with E-state index in [1.165, 1.54) is 24.3 Å². The first-order valence-electron chi connectivity index (χ1n) is 7.41. The van der Waals surface area contributed by atoms with Gasteiger partial charge in [0.2, 0.25) is 0 Å². The van der Waals surface area contributed by atoms with Crippen LogP contribution in [0.5, 0.6) is 0 Å². The van der Waals surface area contributed by atoms with Gasteiger partial charge in [0.1, 0.15) is 12.3 Å². The molecule has 0 aliphatic carbocycles. The summed E-state index contributed by atoms with van der Waals surface area (Å²) in [5.41, 5.74) is 3.85. The maximum absolute atomic E-state index is 12.1. The van der Waals surface area contributed by atoms with Gasteiger partial charge in [0.05, 0.1) is 0 Å². The largest absolute Gasteiger partial charge is 0.349 e. The summed E-state index contributed by atoms with van der Waals surface area (Å²) in [7, 11) is 1.65. The normalized spacial score (nSPS) is 10.9. The molecule has 0 aromatic heterocycles. The Balaban J connectivity index is 0.00000312. The van der Waals surface area contributed by atoms with Crippen LogP contribution in [0.2, 0.25) is 0 Å². The van der Waals surface area contributed by atoms with Gasteiger partial charge in [0.25, 0.3) is 5.91 Å². The first kappa shape index (κ1) is 20.3. The number of likely N-dealkylation sites (N-methyl/N-ethyl adjacent to an activating group) is 1. The molecule has 7 heteroatoms. The average Bonchev–Trinajstić information content (AvgIpc) is 2.64. The van der Waals surface area contributed by atoms with Gasteiger partial charge in [-0.2, -0.15) is 5.48 Å². The second-order valence-corrected chi connectivity index (χ2v) is 5.12. The molecule has 0 radical (unpaired) electrons. The number of aldehydes is 1. The Kier molecular flexibility index (Phi) is 8.32. The molecule has 0 aliphatic heterocycles. The predicted molar refractivity (Wildman–Crippen MR) is 95.6 cm³/mol. The van der Waals surface area contributed by atoms with Gasteiger partial charge in [-0.25, -0.2) is 4.79 Å². The van der Waals surface area contributed by atoms with Crippen LogP contribution in [-0.2, 0) is 16.1 Å². The van der Waals surface area contributed by atoms with E-state index in [0.29, 0.717) is 18.3 Å². The van der Waals surface area contributed by atoms with Crippen LogP contribution in [-0.4, -0.2) is 31.3 Å². The van der Waals surface area contributed by atoms with Crippen LogP contribution in [0.4, 0.5) is 0 Å². The van der Waals surface area contributed by atoms with Gasteiger partial charge >= 0.3 is 5.97 Å². The molecule has 2 N–H and O–H groups in total. The predicted octanol–water partition coefficient (Wildman–Crippen LogP) is 1.94. The smallest absolute Gasteiger partial charge is 0.339 e. The molecule has 0 heterocycles. The molecule has 2 aromatic rings. The van der Waals surface area contributed by atoms with Crippen molar-refractivity contribution in [3.8, 4) is 0 Å². The van der Waals surface area contributed by atoms with Crippen molar-refractivity contribution >= 4 is 30.6 Å². The molecule has 132 valence electrons. The van der Waals surface area contributed by atoms with E-state index in [1.54, 1.807) is 7.05 Å². The van der Waals surface area contributed by atoms with Gasteiger partial charge in [-0.15, -0.1) is 12.4 Å². The molecule has 0 saturated heterocycles. The highest BCUT2D eigenvalue weighted by atomic mass is 35.5. The third-order valence-electron chi connectivity index (χ3n) is 3.47. The molecule has 0 unspecified atom stereocenters. The summed E-state index contributed by atoms with van der Waals surface area (Å²) < 4.78 is 0. The van der Waals surface area contributed by atoms with Crippen LogP contribution in [0.1, 0.15) is 26.3 Å². The first-order valence-corrected chi connectivity index (χ1v) is 7.41. The number of hydrogen-bond acceptors (Lipinski definition) is 5. The zero-order valence-corrected chi connectivity index (χ0v) is 14.4. The summed E-state index contributed by atoms with van der Waals surface area (Å²) in [5, 5.41) is 2.86. The Labute approximate surface area is 151 Å². The van der Waals surface area contributed by atoms with Crippen LogP contribution in [0.3, 0.4) is 0 Å². The molecule has 0 spiro atoms. The minimum atomic E-state index is -0.584. The lowest BCUT2D eigenvalue weighted by atomic mass is 10.1. The second kappa shape index (κ2) is 10.2. The molecule has 0 fully saturated rings. The molecule has 1 atom stereocenters. The fourth-order valence-electron chi connectivity index (χ4n) is 2.09. The third kappa shape index (κ3) is 6.02. The number of rotatable bonds is 6. The molecule has 0 saturated carbocycles. The number of benzene rings is 2. The number of hydroxylamine groups is 1. The SMILES string of the molecule is CN[C@@H](Cc1ccccc1)C(=O)ONC(=O)c1ccc(C=O)cc1.Cl. The van der Waals surface area contributed by atoms with E-state index < -0.39 is 17.9 Å². The van der Waals surface area contributed by atoms with Crippen molar-refractivity contribution in [1.29, 1.82) is 0 Å². The molecule has 0 aliphatic rings. The van der Waals surface area contributed by atoms with Crippen molar-refractivity contribution in [2.45, 2.75) is 12.5 Å². The van der Waals surface area contributed by atoms with E-state index in [-0.39, 0.29) is 18.0 Å². The summed E-state index contributed by atoms with van der Waals surface area (Å²) >= 11 is 0. The van der Waals surface area contributed by atoms with Crippen LogP contribution in [0, 0.1) is 0 Å². The summed E-state index contributed by atoms with van der Waals surface area (Å²) in [6, 6.07) is 14.9.